The van der Waals surface area contributed by atoms with Gasteiger partial charge in [0.05, 0.1) is 17.6 Å². The lowest BCUT2D eigenvalue weighted by atomic mass is 9.60. The third kappa shape index (κ3) is 4.15. The SMILES string of the molecule is C=C/C=C(\C=C/C)SOc1ccc(OC(=O)C2=CCCC=C2)c2c1C1c3ccccc3C2c2ccccc21. The van der Waals surface area contributed by atoms with Crippen LogP contribution in [-0.2, 0) is 4.79 Å². The molecule has 0 aromatic heterocycles. The summed E-state index contributed by atoms with van der Waals surface area (Å²) in [6, 6.07) is 21.0. The van der Waals surface area contributed by atoms with E-state index in [0.717, 1.165) is 34.6 Å². The summed E-state index contributed by atoms with van der Waals surface area (Å²) in [5.41, 5.74) is 7.74. The van der Waals surface area contributed by atoms with Crippen molar-refractivity contribution in [2.45, 2.75) is 31.6 Å². The lowest BCUT2D eigenvalue weighted by Gasteiger charge is -2.43. The Kier molecular flexibility index (Phi) is 6.65. The normalized spacial score (nSPS) is 18.9. The molecule has 0 fully saturated rings. The van der Waals surface area contributed by atoms with Crippen LogP contribution in [0.25, 0.3) is 0 Å². The first-order chi connectivity index (χ1) is 18.7. The van der Waals surface area contributed by atoms with Crippen LogP contribution in [-0.4, -0.2) is 5.97 Å². The largest absolute Gasteiger partial charge is 0.423 e. The second-order valence-electron chi connectivity index (χ2n) is 9.51. The van der Waals surface area contributed by atoms with E-state index in [9.17, 15) is 4.79 Å². The van der Waals surface area contributed by atoms with Crippen molar-refractivity contribution in [2.24, 2.45) is 0 Å². The average Bonchev–Trinajstić information content (AvgIpc) is 2.97. The van der Waals surface area contributed by atoms with Gasteiger partial charge < -0.3 is 8.92 Å². The predicted molar refractivity (Wildman–Crippen MR) is 155 cm³/mol. The van der Waals surface area contributed by atoms with Crippen molar-refractivity contribution in [2.75, 3.05) is 0 Å². The number of hydrogen-bond acceptors (Lipinski definition) is 4. The number of esters is 1. The van der Waals surface area contributed by atoms with Crippen molar-refractivity contribution in [3.05, 3.63) is 154 Å². The molecular formula is C34H28O3S. The first kappa shape index (κ1) is 24.3. The van der Waals surface area contributed by atoms with E-state index in [1.807, 2.05) is 55.5 Å². The summed E-state index contributed by atoms with van der Waals surface area (Å²) in [5, 5.41) is 0. The van der Waals surface area contributed by atoms with Gasteiger partial charge in [0.15, 0.2) is 0 Å². The third-order valence-electron chi connectivity index (χ3n) is 7.29. The average molecular weight is 517 g/mol. The minimum atomic E-state index is -0.321. The van der Waals surface area contributed by atoms with Gasteiger partial charge in [0.1, 0.15) is 11.5 Å². The molecular weight excluding hydrogens is 488 g/mol. The Morgan fingerprint density at radius 2 is 1.50 bits per heavy atom. The molecule has 3 nitrogen and oxygen atoms in total. The molecule has 38 heavy (non-hydrogen) atoms. The minimum Gasteiger partial charge on any atom is -0.423 e. The molecule has 0 atom stereocenters. The Balaban J connectivity index is 1.50. The number of hydrogen-bond donors (Lipinski definition) is 0. The second kappa shape index (κ2) is 10.4. The highest BCUT2D eigenvalue weighted by Crippen LogP contribution is 2.60. The zero-order valence-electron chi connectivity index (χ0n) is 21.2. The topological polar surface area (TPSA) is 35.5 Å². The zero-order valence-corrected chi connectivity index (χ0v) is 22.0. The molecule has 0 unspecified atom stereocenters. The van der Waals surface area contributed by atoms with Crippen LogP contribution < -0.4 is 8.92 Å². The van der Waals surface area contributed by atoms with Crippen LogP contribution in [0.2, 0.25) is 0 Å². The summed E-state index contributed by atoms with van der Waals surface area (Å²) in [5.74, 6) is 0.988. The number of benzene rings is 3. The van der Waals surface area contributed by atoms with E-state index in [2.05, 4.69) is 55.1 Å². The molecule has 0 heterocycles. The van der Waals surface area contributed by atoms with Gasteiger partial charge in [-0.25, -0.2) is 4.79 Å². The Labute approximate surface area is 228 Å². The smallest absolute Gasteiger partial charge is 0.343 e. The van der Waals surface area contributed by atoms with Crippen molar-refractivity contribution in [1.82, 2.24) is 0 Å². The van der Waals surface area contributed by atoms with Crippen molar-refractivity contribution >= 4 is 18.0 Å². The summed E-state index contributed by atoms with van der Waals surface area (Å²) in [6.07, 6.45) is 15.3. The first-order valence-electron chi connectivity index (χ1n) is 12.9. The second-order valence-corrected chi connectivity index (χ2v) is 10.3. The number of rotatable bonds is 7. The highest BCUT2D eigenvalue weighted by molar-refractivity contribution is 7.99. The fraction of sp³-hybridized carbons (Fsp3) is 0.147. The van der Waals surface area contributed by atoms with E-state index >= 15 is 0 Å². The van der Waals surface area contributed by atoms with E-state index in [4.69, 9.17) is 8.92 Å². The zero-order chi connectivity index (χ0) is 26.1. The van der Waals surface area contributed by atoms with Crippen LogP contribution in [0.1, 0.15) is 65.0 Å². The van der Waals surface area contributed by atoms with Gasteiger partial charge in [-0.05, 0) is 66.3 Å². The molecule has 0 spiro atoms. The standard InChI is InChI=1S/C34H28O3S/c1-3-12-23(13-4-2)38-37-29-21-20-28(36-34(35)22-14-6-5-7-15-22)32-30-24-16-8-10-18-26(24)31(33(29)32)27-19-11-9-17-25(27)30/h3-4,6,8-21,30-31H,1,5,7H2,2H3/b13-4-,23-12+. The molecule has 0 saturated carbocycles. The van der Waals surface area contributed by atoms with E-state index < -0.39 is 0 Å². The molecule has 188 valence electrons. The van der Waals surface area contributed by atoms with Gasteiger partial charge >= 0.3 is 5.97 Å². The van der Waals surface area contributed by atoms with E-state index in [0.29, 0.717) is 11.3 Å². The van der Waals surface area contributed by atoms with E-state index in [1.165, 1.54) is 34.3 Å². The van der Waals surface area contributed by atoms with Crippen LogP contribution in [0.4, 0.5) is 0 Å². The van der Waals surface area contributed by atoms with Crippen LogP contribution in [0.5, 0.6) is 11.5 Å². The van der Waals surface area contributed by atoms with Gasteiger partial charge in [-0.3, -0.25) is 0 Å². The quantitative estimate of drug-likeness (QED) is 0.0940. The van der Waals surface area contributed by atoms with Gasteiger partial charge in [0.2, 0.25) is 0 Å². The first-order valence-corrected chi connectivity index (χ1v) is 13.7. The van der Waals surface area contributed by atoms with Crippen molar-refractivity contribution in [1.29, 1.82) is 0 Å². The summed E-state index contributed by atoms with van der Waals surface area (Å²) in [7, 11) is 0. The number of ether oxygens (including phenoxy) is 1. The van der Waals surface area contributed by atoms with Crippen molar-refractivity contribution in [3.8, 4) is 11.5 Å². The molecule has 4 aliphatic rings. The summed E-state index contributed by atoms with van der Waals surface area (Å²) in [6.45, 7) is 5.81. The number of carbonyl (C=O) groups excluding carboxylic acids is 1. The molecule has 0 saturated heterocycles. The monoisotopic (exact) mass is 516 g/mol. The van der Waals surface area contributed by atoms with Crippen LogP contribution in [0.3, 0.4) is 0 Å². The molecule has 0 amide bonds. The highest BCUT2D eigenvalue weighted by atomic mass is 32.2. The minimum absolute atomic E-state index is 0.0148. The van der Waals surface area contributed by atoms with Crippen LogP contribution >= 0.6 is 12.0 Å². The highest BCUT2D eigenvalue weighted by Gasteiger charge is 2.45. The fourth-order valence-corrected chi connectivity index (χ4v) is 6.47. The van der Waals surface area contributed by atoms with Gasteiger partial charge in [-0.2, -0.15) is 0 Å². The predicted octanol–water partition coefficient (Wildman–Crippen LogP) is 8.53. The Hall–Kier alpha value is -4.02. The van der Waals surface area contributed by atoms with Gasteiger partial charge in [0, 0.05) is 27.9 Å². The third-order valence-corrected chi connectivity index (χ3v) is 8.02. The summed E-state index contributed by atoms with van der Waals surface area (Å²) < 4.78 is 12.6. The molecule has 3 aromatic rings. The van der Waals surface area contributed by atoms with Gasteiger partial charge in [-0.1, -0.05) is 85.5 Å². The van der Waals surface area contributed by atoms with Gasteiger partial charge in [0.25, 0.3) is 0 Å². The summed E-state index contributed by atoms with van der Waals surface area (Å²) >= 11 is 1.31. The van der Waals surface area contributed by atoms with E-state index in [-0.39, 0.29) is 17.8 Å². The Morgan fingerprint density at radius 1 is 0.895 bits per heavy atom. The lowest BCUT2D eigenvalue weighted by Crippen LogP contribution is -2.29. The van der Waals surface area contributed by atoms with Gasteiger partial charge in [-0.15, -0.1) is 0 Å². The molecule has 0 radical (unpaired) electrons. The maximum atomic E-state index is 13.2. The van der Waals surface area contributed by atoms with Crippen molar-refractivity contribution < 1.29 is 13.7 Å². The number of carbonyl (C=O) groups is 1. The molecule has 4 heteroatoms. The Morgan fingerprint density at radius 3 is 2.05 bits per heavy atom. The fourth-order valence-electron chi connectivity index (χ4n) is 5.79. The maximum absolute atomic E-state index is 13.2. The van der Waals surface area contributed by atoms with Crippen molar-refractivity contribution in [3.63, 3.8) is 0 Å². The Bertz CT molecular complexity index is 1510. The maximum Gasteiger partial charge on any atom is 0.343 e. The molecule has 2 bridgehead atoms. The van der Waals surface area contributed by atoms with Crippen LogP contribution in [0, 0.1) is 0 Å². The molecule has 4 aliphatic carbocycles. The summed E-state index contributed by atoms with van der Waals surface area (Å²) in [4.78, 5) is 14.1. The molecule has 3 aromatic carbocycles. The molecule has 7 rings (SSSR count). The molecule has 0 N–H and O–H groups in total. The molecule has 0 aliphatic heterocycles. The lowest BCUT2D eigenvalue weighted by molar-refractivity contribution is -0.129. The number of allylic oxidation sites excluding steroid dienone is 6. The van der Waals surface area contributed by atoms with Crippen LogP contribution in [0.15, 0.2) is 120 Å². The van der Waals surface area contributed by atoms with E-state index in [1.54, 1.807) is 6.08 Å².